The van der Waals surface area contributed by atoms with Gasteiger partial charge in [0.1, 0.15) is 5.71 Å². The Morgan fingerprint density at radius 1 is 0.927 bits per heavy atom. The quantitative estimate of drug-likeness (QED) is 0.347. The van der Waals surface area contributed by atoms with Crippen molar-refractivity contribution in [2.24, 2.45) is 22.7 Å². The third kappa shape index (κ3) is 5.89. The molecule has 0 spiro atoms. The highest BCUT2D eigenvalue weighted by Crippen LogP contribution is 2.47. The van der Waals surface area contributed by atoms with Crippen molar-refractivity contribution in [2.45, 2.75) is 108 Å². The molecule has 3 heterocycles. The molecule has 2 aromatic rings. The Hall–Kier alpha value is -3.27. The van der Waals surface area contributed by atoms with Gasteiger partial charge in [-0.2, -0.15) is 0 Å². The second-order valence-corrected chi connectivity index (χ2v) is 12.6. The summed E-state index contributed by atoms with van der Waals surface area (Å²) in [5.74, 6) is 0.0133. The highest BCUT2D eigenvalue weighted by atomic mass is 16.6. The number of oxime groups is 1. The number of piperidine rings is 2. The summed E-state index contributed by atoms with van der Waals surface area (Å²) in [4.78, 5) is 49.4. The first-order chi connectivity index (χ1) is 19.9. The molecular weight excluding hydrogens is 522 g/mol. The molecule has 2 unspecified atom stereocenters. The first kappa shape index (κ1) is 27.9. The molecule has 4 bridgehead atoms. The van der Waals surface area contributed by atoms with Crippen molar-refractivity contribution in [3.05, 3.63) is 40.3 Å². The molecule has 41 heavy (non-hydrogen) atoms. The van der Waals surface area contributed by atoms with Crippen LogP contribution in [-0.4, -0.2) is 61.9 Å². The van der Waals surface area contributed by atoms with Gasteiger partial charge in [-0.15, -0.1) is 0 Å². The van der Waals surface area contributed by atoms with Gasteiger partial charge in [0.15, 0.2) is 5.69 Å². The minimum Gasteiger partial charge on any atom is -0.479 e. The maximum Gasteiger partial charge on any atom is 0.344 e. The number of amides is 1. The molecule has 1 aromatic carbocycles. The van der Waals surface area contributed by atoms with Crippen LogP contribution in [0.3, 0.4) is 0 Å². The predicted molar refractivity (Wildman–Crippen MR) is 155 cm³/mol. The van der Waals surface area contributed by atoms with Crippen LogP contribution in [0.5, 0.6) is 0 Å². The summed E-state index contributed by atoms with van der Waals surface area (Å²) in [6.07, 6.45) is 13.6. The second-order valence-electron chi connectivity index (χ2n) is 12.6. The van der Waals surface area contributed by atoms with E-state index in [9.17, 15) is 14.4 Å². The van der Waals surface area contributed by atoms with Crippen molar-refractivity contribution in [3.63, 3.8) is 0 Å². The number of carboxylic acid groups (broad SMARTS) is 1. The van der Waals surface area contributed by atoms with Crippen LogP contribution < -0.4 is 11.3 Å². The Bertz CT molecular complexity index is 1360. The van der Waals surface area contributed by atoms with Gasteiger partial charge in [0, 0.05) is 37.0 Å². The Kier molecular flexibility index (Phi) is 8.10. The average molecular weight is 564 g/mol. The van der Waals surface area contributed by atoms with Crippen LogP contribution in [-0.2, 0) is 14.4 Å². The van der Waals surface area contributed by atoms with Crippen molar-refractivity contribution in [1.29, 1.82) is 0 Å². The van der Waals surface area contributed by atoms with Crippen LogP contribution in [0.15, 0.2) is 34.2 Å². The average Bonchev–Trinajstić information content (AvgIpc) is 2.93. The van der Waals surface area contributed by atoms with Gasteiger partial charge < -0.3 is 20.2 Å². The number of rotatable bonds is 9. The van der Waals surface area contributed by atoms with Crippen molar-refractivity contribution >= 4 is 28.6 Å². The smallest absolute Gasteiger partial charge is 0.344 e. The van der Waals surface area contributed by atoms with E-state index in [1.807, 2.05) is 28.8 Å². The molecule has 2 aliphatic heterocycles. The van der Waals surface area contributed by atoms with Gasteiger partial charge in [-0.3, -0.25) is 14.5 Å². The fraction of sp³-hybridized carbons (Fsp3) is 0.645. The molecular formula is C31H41N5O5. The SMILES string of the molecule is NC(=O)CCC(=NOCC(=O)O)c1nc2ccccc2n(C2C[C@H]3CCC[C@@H](C2)N3C2C[C@H]3CCC[C@@H](C2)C3)c1=O. The fourth-order valence-electron chi connectivity index (χ4n) is 8.45. The molecule has 1 amide bonds. The van der Waals surface area contributed by atoms with Gasteiger partial charge in [-0.25, -0.2) is 9.78 Å². The minimum absolute atomic E-state index is 0.0149. The van der Waals surface area contributed by atoms with Gasteiger partial charge in [0.2, 0.25) is 12.5 Å². The molecule has 10 nitrogen and oxygen atoms in total. The Balaban J connectivity index is 1.34. The van der Waals surface area contributed by atoms with Crippen molar-refractivity contribution in [2.75, 3.05) is 6.61 Å². The molecule has 220 valence electrons. The predicted octanol–water partition coefficient (Wildman–Crippen LogP) is 3.99. The molecule has 6 atom stereocenters. The lowest BCUT2D eigenvalue weighted by Crippen LogP contribution is -2.58. The van der Waals surface area contributed by atoms with Crippen LogP contribution >= 0.6 is 0 Å². The molecule has 6 rings (SSSR count). The van der Waals surface area contributed by atoms with Crippen LogP contribution in [0.2, 0.25) is 0 Å². The monoisotopic (exact) mass is 563 g/mol. The summed E-state index contributed by atoms with van der Waals surface area (Å²) in [6.45, 7) is -0.660. The second kappa shape index (κ2) is 11.9. The molecule has 2 saturated carbocycles. The maximum absolute atomic E-state index is 14.2. The number of fused-ring (bicyclic) bond motifs is 5. The van der Waals surface area contributed by atoms with E-state index in [-0.39, 0.29) is 35.8 Å². The summed E-state index contributed by atoms with van der Waals surface area (Å²) < 4.78 is 1.90. The number of carbonyl (C=O) groups is 2. The first-order valence-corrected chi connectivity index (χ1v) is 15.4. The van der Waals surface area contributed by atoms with E-state index < -0.39 is 18.5 Å². The number of carbonyl (C=O) groups excluding carboxylic acids is 1. The third-order valence-electron chi connectivity index (χ3n) is 9.93. The van der Waals surface area contributed by atoms with E-state index in [2.05, 4.69) is 15.0 Å². The number of nitrogens with two attached hydrogens (primary N) is 1. The molecule has 2 saturated heterocycles. The normalized spacial score (nSPS) is 30.2. The third-order valence-corrected chi connectivity index (χ3v) is 9.93. The Morgan fingerprint density at radius 3 is 2.29 bits per heavy atom. The standard InChI is InChI=1S/C31H41N5O5/c32-28(37)12-11-26(34-41-18-29(38)39)30-31(40)36(27-10-2-1-9-25(27)33-30)24-16-21-7-4-8-22(17-24)35(21)23-14-19-5-3-6-20(13-19)15-23/h1-2,9-10,19-24H,3-8,11-18H2,(H2,32,37)(H,38,39)/t19-,20+,21-,22+,23?,24?. The topological polar surface area (TPSA) is 140 Å². The van der Waals surface area contributed by atoms with E-state index in [0.29, 0.717) is 23.6 Å². The summed E-state index contributed by atoms with van der Waals surface area (Å²) in [7, 11) is 0. The van der Waals surface area contributed by atoms with Gasteiger partial charge in [-0.05, 0) is 68.9 Å². The van der Waals surface area contributed by atoms with Crippen LogP contribution in [0, 0.1) is 11.8 Å². The van der Waals surface area contributed by atoms with Crippen molar-refractivity contribution in [3.8, 4) is 0 Å². The number of benzene rings is 1. The van der Waals surface area contributed by atoms with Crippen molar-refractivity contribution in [1.82, 2.24) is 14.5 Å². The molecule has 10 heteroatoms. The lowest BCUT2D eigenvalue weighted by atomic mass is 9.68. The van der Waals surface area contributed by atoms with Crippen molar-refractivity contribution < 1.29 is 19.5 Å². The number of hydrogen-bond donors (Lipinski definition) is 2. The number of hydrogen-bond acceptors (Lipinski definition) is 7. The molecule has 1 aromatic heterocycles. The van der Waals surface area contributed by atoms with Gasteiger partial charge in [0.25, 0.3) is 5.56 Å². The highest BCUT2D eigenvalue weighted by molar-refractivity contribution is 6.01. The van der Waals surface area contributed by atoms with Gasteiger partial charge in [-0.1, -0.05) is 43.0 Å². The zero-order valence-corrected chi connectivity index (χ0v) is 23.6. The first-order valence-electron chi connectivity index (χ1n) is 15.4. The van der Waals surface area contributed by atoms with Crippen LogP contribution in [0.1, 0.15) is 95.2 Å². The van der Waals surface area contributed by atoms with E-state index in [4.69, 9.17) is 15.7 Å². The zero-order chi connectivity index (χ0) is 28.5. The van der Waals surface area contributed by atoms with Gasteiger partial charge >= 0.3 is 5.97 Å². The highest BCUT2D eigenvalue weighted by Gasteiger charge is 2.45. The number of primary amides is 1. The molecule has 0 radical (unpaired) electrons. The lowest BCUT2D eigenvalue weighted by molar-refractivity contribution is -0.142. The molecule has 2 aliphatic carbocycles. The molecule has 4 aliphatic rings. The summed E-state index contributed by atoms with van der Waals surface area (Å²) >= 11 is 0. The number of carboxylic acids is 1. The van der Waals surface area contributed by atoms with E-state index >= 15 is 0 Å². The maximum atomic E-state index is 14.2. The van der Waals surface area contributed by atoms with E-state index in [1.54, 1.807) is 0 Å². The number of para-hydroxylation sites is 2. The van der Waals surface area contributed by atoms with Crippen LogP contribution in [0.4, 0.5) is 0 Å². The number of aliphatic carboxylic acids is 1. The molecule has 3 N–H and O–H groups in total. The van der Waals surface area contributed by atoms with E-state index in [1.165, 1.54) is 44.9 Å². The Morgan fingerprint density at radius 2 is 1.61 bits per heavy atom. The van der Waals surface area contributed by atoms with E-state index in [0.717, 1.165) is 43.0 Å². The molecule has 4 fully saturated rings. The summed E-state index contributed by atoms with van der Waals surface area (Å²) in [6, 6.07) is 9.22. The largest absolute Gasteiger partial charge is 0.479 e. The fourth-order valence-corrected chi connectivity index (χ4v) is 8.45. The summed E-state index contributed by atoms with van der Waals surface area (Å²) in [5.41, 5.74) is 6.77. The van der Waals surface area contributed by atoms with Gasteiger partial charge in [0.05, 0.1) is 11.0 Å². The zero-order valence-electron chi connectivity index (χ0n) is 23.6. The minimum atomic E-state index is -1.19. The number of aromatic nitrogens is 2. The number of nitrogens with zero attached hydrogens (tertiary/aromatic N) is 4. The Labute approximate surface area is 239 Å². The lowest BCUT2D eigenvalue weighted by Gasteiger charge is -2.55. The van der Waals surface area contributed by atoms with Crippen LogP contribution in [0.25, 0.3) is 11.0 Å². The summed E-state index contributed by atoms with van der Waals surface area (Å²) in [5, 5.41) is 13.0.